The Labute approximate surface area is 193 Å². The second-order valence-corrected chi connectivity index (χ2v) is 9.38. The van der Waals surface area contributed by atoms with E-state index in [-0.39, 0.29) is 42.5 Å². The number of benzene rings is 2. The Bertz CT molecular complexity index is 1290. The second kappa shape index (κ2) is 9.79. The number of morpholine rings is 1. The van der Waals surface area contributed by atoms with Crippen LogP contribution < -0.4 is 10.1 Å². The van der Waals surface area contributed by atoms with Gasteiger partial charge in [0.1, 0.15) is 21.7 Å². The van der Waals surface area contributed by atoms with Crippen molar-refractivity contribution in [3.8, 4) is 5.75 Å². The van der Waals surface area contributed by atoms with Crippen LogP contribution >= 0.6 is 11.7 Å². The van der Waals surface area contributed by atoms with Gasteiger partial charge in [-0.25, -0.2) is 13.2 Å². The zero-order valence-electron chi connectivity index (χ0n) is 17.5. The summed E-state index contributed by atoms with van der Waals surface area (Å²) in [4.78, 5) is 24.7. The number of methoxy groups -OCH3 is 1. The average molecular weight is 493 g/mol. The molecule has 0 bridgehead atoms. The van der Waals surface area contributed by atoms with Crippen LogP contribution in [0.5, 0.6) is 5.75 Å². The molecule has 2 heterocycles. The van der Waals surface area contributed by atoms with Crippen LogP contribution in [0.25, 0.3) is 11.0 Å². The molecule has 0 aliphatic carbocycles. The van der Waals surface area contributed by atoms with Gasteiger partial charge in [-0.3, -0.25) is 4.79 Å². The largest absolute Gasteiger partial charge is 0.495 e. The molecular formula is C20H20N4O7S2. The molecule has 2 aromatic carbocycles. The van der Waals surface area contributed by atoms with Crippen LogP contribution in [0.15, 0.2) is 41.3 Å². The highest BCUT2D eigenvalue weighted by atomic mass is 32.2. The summed E-state index contributed by atoms with van der Waals surface area (Å²) in [5.74, 6) is -1.32. The molecule has 1 aliphatic heterocycles. The fourth-order valence-electron chi connectivity index (χ4n) is 3.24. The number of rotatable bonds is 7. The number of esters is 1. The monoisotopic (exact) mass is 492 g/mol. The van der Waals surface area contributed by atoms with Crippen molar-refractivity contribution in [2.24, 2.45) is 0 Å². The topological polar surface area (TPSA) is 137 Å². The summed E-state index contributed by atoms with van der Waals surface area (Å²) in [5, 5.41) is 2.63. The number of carbonyl (C=O) groups excluding carboxylic acids is 2. The molecule has 1 aromatic heterocycles. The van der Waals surface area contributed by atoms with E-state index in [1.54, 1.807) is 18.2 Å². The van der Waals surface area contributed by atoms with Gasteiger partial charge in [0.25, 0.3) is 5.91 Å². The third-order valence-electron chi connectivity index (χ3n) is 4.88. The predicted octanol–water partition coefficient (Wildman–Crippen LogP) is 1.52. The number of ether oxygens (including phenoxy) is 3. The van der Waals surface area contributed by atoms with Crippen molar-refractivity contribution in [2.45, 2.75) is 4.90 Å². The van der Waals surface area contributed by atoms with Gasteiger partial charge in [0, 0.05) is 13.1 Å². The molecule has 0 radical (unpaired) electrons. The van der Waals surface area contributed by atoms with Crippen molar-refractivity contribution < 1.29 is 32.2 Å². The molecule has 33 heavy (non-hydrogen) atoms. The molecule has 1 amide bonds. The van der Waals surface area contributed by atoms with Crippen molar-refractivity contribution in [3.63, 3.8) is 0 Å². The number of anilines is 1. The lowest BCUT2D eigenvalue weighted by atomic mass is 10.2. The Morgan fingerprint density at radius 3 is 2.73 bits per heavy atom. The minimum absolute atomic E-state index is 0.0266. The molecule has 0 unspecified atom stereocenters. The number of amides is 1. The number of fused-ring (bicyclic) bond motifs is 1. The molecule has 0 saturated carbocycles. The normalized spacial score (nSPS) is 14.7. The maximum absolute atomic E-state index is 13.1. The number of carbonyl (C=O) groups is 2. The zero-order valence-corrected chi connectivity index (χ0v) is 19.1. The van der Waals surface area contributed by atoms with Gasteiger partial charge < -0.3 is 19.5 Å². The molecule has 1 fully saturated rings. The van der Waals surface area contributed by atoms with Crippen LogP contribution in [0.2, 0.25) is 0 Å². The Balaban J connectivity index is 1.46. The zero-order chi connectivity index (χ0) is 23.4. The SMILES string of the molecule is COc1ccc(C(=O)OCC(=O)Nc2cccc3nsnc23)cc1S(=O)(=O)N1CCOCC1. The predicted molar refractivity (Wildman–Crippen MR) is 119 cm³/mol. The van der Waals surface area contributed by atoms with Crippen LogP contribution in [0.4, 0.5) is 5.69 Å². The molecule has 3 aromatic rings. The van der Waals surface area contributed by atoms with E-state index in [9.17, 15) is 18.0 Å². The fraction of sp³-hybridized carbons (Fsp3) is 0.300. The summed E-state index contributed by atoms with van der Waals surface area (Å²) in [6.45, 7) is 0.389. The van der Waals surface area contributed by atoms with E-state index in [2.05, 4.69) is 14.1 Å². The third kappa shape index (κ3) is 4.95. The lowest BCUT2D eigenvalue weighted by Crippen LogP contribution is -2.40. The lowest BCUT2D eigenvalue weighted by Gasteiger charge is -2.26. The minimum Gasteiger partial charge on any atom is -0.495 e. The van der Waals surface area contributed by atoms with E-state index in [4.69, 9.17) is 14.2 Å². The smallest absolute Gasteiger partial charge is 0.338 e. The van der Waals surface area contributed by atoms with E-state index in [0.717, 1.165) is 11.7 Å². The molecule has 0 spiro atoms. The van der Waals surface area contributed by atoms with Gasteiger partial charge in [-0.2, -0.15) is 13.1 Å². The van der Waals surface area contributed by atoms with E-state index in [1.165, 1.54) is 29.6 Å². The summed E-state index contributed by atoms with van der Waals surface area (Å²) in [7, 11) is -2.58. The molecule has 4 rings (SSSR count). The van der Waals surface area contributed by atoms with Gasteiger partial charge in [0.05, 0.1) is 43.3 Å². The summed E-state index contributed by atoms with van der Waals surface area (Å²) < 4.78 is 51.1. The van der Waals surface area contributed by atoms with Crippen LogP contribution in [0.3, 0.4) is 0 Å². The van der Waals surface area contributed by atoms with Gasteiger partial charge in [-0.1, -0.05) is 6.07 Å². The first-order valence-electron chi connectivity index (χ1n) is 9.84. The van der Waals surface area contributed by atoms with Crippen molar-refractivity contribution in [1.29, 1.82) is 0 Å². The number of sulfonamides is 1. The van der Waals surface area contributed by atoms with Crippen LogP contribution in [0.1, 0.15) is 10.4 Å². The van der Waals surface area contributed by atoms with Gasteiger partial charge in [0.15, 0.2) is 6.61 Å². The third-order valence-corrected chi connectivity index (χ3v) is 7.34. The maximum Gasteiger partial charge on any atom is 0.338 e. The first-order valence-corrected chi connectivity index (χ1v) is 12.0. The molecule has 174 valence electrons. The molecule has 0 atom stereocenters. The molecule has 1 N–H and O–H groups in total. The van der Waals surface area contributed by atoms with Crippen molar-refractivity contribution in [3.05, 3.63) is 42.0 Å². The van der Waals surface area contributed by atoms with E-state index in [0.29, 0.717) is 16.7 Å². The summed E-state index contributed by atoms with van der Waals surface area (Å²) in [5.41, 5.74) is 1.60. The highest BCUT2D eigenvalue weighted by molar-refractivity contribution is 7.89. The van der Waals surface area contributed by atoms with Crippen molar-refractivity contribution in [1.82, 2.24) is 13.1 Å². The number of nitrogens with zero attached hydrogens (tertiary/aromatic N) is 3. The van der Waals surface area contributed by atoms with Gasteiger partial charge in [-0.15, -0.1) is 0 Å². The summed E-state index contributed by atoms with van der Waals surface area (Å²) in [6.07, 6.45) is 0. The Hall–Kier alpha value is -3.13. The standard InChI is InChI=1S/C20H20N4O7S2/c1-29-16-6-5-13(11-17(16)33(27,28)24-7-9-30-10-8-24)20(26)31-12-18(25)21-14-3-2-4-15-19(14)23-32-22-15/h2-6,11H,7-10,12H2,1H3,(H,21,25). The fourth-order valence-corrected chi connectivity index (χ4v) is 5.38. The van der Waals surface area contributed by atoms with E-state index >= 15 is 0 Å². The minimum atomic E-state index is -3.92. The van der Waals surface area contributed by atoms with Gasteiger partial charge in [-0.05, 0) is 30.3 Å². The quantitative estimate of drug-likeness (QED) is 0.487. The number of nitrogens with one attached hydrogen (secondary N) is 1. The van der Waals surface area contributed by atoms with Crippen LogP contribution in [-0.4, -0.2) is 73.4 Å². The van der Waals surface area contributed by atoms with E-state index in [1.807, 2.05) is 0 Å². The summed E-state index contributed by atoms with van der Waals surface area (Å²) >= 11 is 1.02. The second-order valence-electron chi connectivity index (χ2n) is 6.94. The number of aromatic nitrogens is 2. The van der Waals surface area contributed by atoms with Crippen molar-refractivity contribution in [2.75, 3.05) is 45.3 Å². The highest BCUT2D eigenvalue weighted by Gasteiger charge is 2.30. The Kier molecular flexibility index (Phi) is 6.83. The van der Waals surface area contributed by atoms with E-state index < -0.39 is 28.5 Å². The molecule has 1 aliphatic rings. The van der Waals surface area contributed by atoms with Gasteiger partial charge >= 0.3 is 5.97 Å². The number of hydrogen-bond donors (Lipinski definition) is 1. The molecule has 13 heteroatoms. The molecule has 1 saturated heterocycles. The Morgan fingerprint density at radius 1 is 1.18 bits per heavy atom. The Morgan fingerprint density at radius 2 is 1.97 bits per heavy atom. The first-order chi connectivity index (χ1) is 15.9. The van der Waals surface area contributed by atoms with Gasteiger partial charge in [0.2, 0.25) is 10.0 Å². The number of hydrogen-bond acceptors (Lipinski definition) is 10. The first kappa shape index (κ1) is 23.0. The van der Waals surface area contributed by atoms with Crippen LogP contribution in [0, 0.1) is 0 Å². The summed E-state index contributed by atoms with van der Waals surface area (Å²) in [6, 6.07) is 9.08. The lowest BCUT2D eigenvalue weighted by molar-refractivity contribution is -0.119. The highest BCUT2D eigenvalue weighted by Crippen LogP contribution is 2.29. The van der Waals surface area contributed by atoms with Crippen LogP contribution in [-0.2, 0) is 24.3 Å². The van der Waals surface area contributed by atoms with Crippen molar-refractivity contribution >= 4 is 50.3 Å². The average Bonchev–Trinajstić information content (AvgIpc) is 3.33. The maximum atomic E-state index is 13.1. The molecular weight excluding hydrogens is 472 g/mol. The molecule has 11 nitrogen and oxygen atoms in total.